The number of sulfone groups is 1. The van der Waals surface area contributed by atoms with Crippen LogP contribution in [-0.2, 0) is 16.3 Å². The van der Waals surface area contributed by atoms with Crippen LogP contribution < -0.4 is 5.32 Å². The van der Waals surface area contributed by atoms with E-state index in [-0.39, 0.29) is 15.4 Å². The minimum Gasteiger partial charge on any atom is -0.478 e. The van der Waals surface area contributed by atoms with Crippen molar-refractivity contribution >= 4 is 27.4 Å². The molecule has 0 aliphatic heterocycles. The maximum absolute atomic E-state index is 12.8. The molecule has 168 valence electrons. The summed E-state index contributed by atoms with van der Waals surface area (Å²) in [7, 11) is -3.79. The van der Waals surface area contributed by atoms with E-state index < -0.39 is 21.9 Å². The van der Waals surface area contributed by atoms with Gasteiger partial charge in [0.1, 0.15) is 0 Å². The molecule has 6 nitrogen and oxygen atoms in total. The summed E-state index contributed by atoms with van der Waals surface area (Å²) in [6, 6.07) is 19.0. The lowest BCUT2D eigenvalue weighted by atomic mass is 10.1. The highest BCUT2D eigenvalue weighted by Crippen LogP contribution is 2.22. The van der Waals surface area contributed by atoms with Gasteiger partial charge >= 0.3 is 5.97 Å². The molecule has 8 heteroatoms. The number of carboxylic acid groups (broad SMARTS) is 1. The summed E-state index contributed by atoms with van der Waals surface area (Å²) in [5, 5.41) is 23.1. The molecule has 32 heavy (non-hydrogen) atoms. The van der Waals surface area contributed by atoms with Gasteiger partial charge in [0, 0.05) is 11.6 Å². The van der Waals surface area contributed by atoms with Crippen LogP contribution in [0.15, 0.2) is 82.6 Å². The first kappa shape index (κ1) is 23.9. The summed E-state index contributed by atoms with van der Waals surface area (Å²) in [6.45, 7) is 1.10. The Hall–Kier alpha value is -2.71. The molecule has 0 spiro atoms. The smallest absolute Gasteiger partial charge is 0.335 e. The average molecular weight is 474 g/mol. The zero-order chi connectivity index (χ0) is 23.1. The van der Waals surface area contributed by atoms with Crippen molar-refractivity contribution in [1.29, 1.82) is 0 Å². The number of benzene rings is 3. The molecular weight excluding hydrogens is 450 g/mol. The molecule has 0 unspecified atom stereocenters. The highest BCUT2D eigenvalue weighted by molar-refractivity contribution is 7.91. The highest BCUT2D eigenvalue weighted by atomic mass is 35.5. The van der Waals surface area contributed by atoms with Crippen LogP contribution in [-0.4, -0.2) is 37.7 Å². The van der Waals surface area contributed by atoms with E-state index in [1.54, 1.807) is 30.3 Å². The van der Waals surface area contributed by atoms with Crippen molar-refractivity contribution in [2.75, 3.05) is 13.1 Å². The number of aromatic carboxylic acids is 1. The van der Waals surface area contributed by atoms with Gasteiger partial charge < -0.3 is 15.5 Å². The van der Waals surface area contributed by atoms with Gasteiger partial charge in [-0.05, 0) is 73.0 Å². The largest absolute Gasteiger partial charge is 0.478 e. The molecule has 3 aromatic carbocycles. The molecule has 3 aromatic rings. The Morgan fingerprint density at radius 2 is 1.69 bits per heavy atom. The number of carboxylic acids is 1. The van der Waals surface area contributed by atoms with Crippen molar-refractivity contribution in [3.05, 3.63) is 94.5 Å². The van der Waals surface area contributed by atoms with Gasteiger partial charge in [-0.25, -0.2) is 13.2 Å². The fourth-order valence-corrected chi connectivity index (χ4v) is 4.76. The second-order valence-corrected chi connectivity index (χ2v) is 9.74. The molecule has 0 aliphatic carbocycles. The van der Waals surface area contributed by atoms with Gasteiger partial charge in [-0.2, -0.15) is 0 Å². The normalized spacial score (nSPS) is 12.4. The van der Waals surface area contributed by atoms with Gasteiger partial charge in [0.25, 0.3) is 0 Å². The van der Waals surface area contributed by atoms with Crippen LogP contribution >= 0.6 is 11.6 Å². The molecule has 0 aliphatic rings. The Kier molecular flexibility index (Phi) is 8.04. The quantitative estimate of drug-likeness (QED) is 0.382. The van der Waals surface area contributed by atoms with Crippen LogP contribution in [0.2, 0.25) is 5.02 Å². The van der Waals surface area contributed by atoms with Crippen LogP contribution in [0.25, 0.3) is 0 Å². The van der Waals surface area contributed by atoms with Gasteiger partial charge in [0.15, 0.2) is 0 Å². The third-order valence-corrected chi connectivity index (χ3v) is 7.02. The molecular formula is C24H24ClNO5S. The summed E-state index contributed by atoms with van der Waals surface area (Å²) in [5.74, 6) is -1.17. The molecule has 0 saturated carbocycles. The van der Waals surface area contributed by atoms with Crippen LogP contribution in [0.1, 0.15) is 34.0 Å². The fourth-order valence-electron chi connectivity index (χ4n) is 3.26. The lowest BCUT2D eigenvalue weighted by Crippen LogP contribution is -2.22. The van der Waals surface area contributed by atoms with Gasteiger partial charge in [-0.15, -0.1) is 0 Å². The number of aryl methyl sites for hydroxylation is 1. The third-order valence-electron chi connectivity index (χ3n) is 5.02. The number of nitrogens with one attached hydrogen (secondary N) is 1. The number of carbonyl (C=O) groups is 1. The number of aliphatic hydroxyl groups is 1. The second-order valence-electron chi connectivity index (χ2n) is 7.36. The predicted molar refractivity (Wildman–Crippen MR) is 123 cm³/mol. The average Bonchev–Trinajstić information content (AvgIpc) is 2.79. The molecule has 0 bridgehead atoms. The maximum atomic E-state index is 12.8. The molecule has 3 rings (SSSR count). The summed E-state index contributed by atoms with van der Waals surface area (Å²) < 4.78 is 25.6. The van der Waals surface area contributed by atoms with E-state index in [4.69, 9.17) is 16.7 Å². The SMILES string of the molecule is O=C(O)c1cccc(S(=O)(=O)c2ccc(CCCNC[C@@H](O)c3cccc(Cl)c3)cc2)c1. The number of halogens is 1. The lowest BCUT2D eigenvalue weighted by Gasteiger charge is -2.12. The minimum absolute atomic E-state index is 0.0485. The molecule has 0 heterocycles. The van der Waals surface area contributed by atoms with Gasteiger partial charge in [-0.1, -0.05) is 41.9 Å². The Morgan fingerprint density at radius 3 is 2.38 bits per heavy atom. The molecule has 0 amide bonds. The molecule has 1 atom stereocenters. The second kappa shape index (κ2) is 10.7. The Labute approximate surface area is 192 Å². The van der Waals surface area contributed by atoms with Crippen LogP contribution in [0.4, 0.5) is 0 Å². The monoisotopic (exact) mass is 473 g/mol. The lowest BCUT2D eigenvalue weighted by molar-refractivity contribution is 0.0696. The number of aliphatic hydroxyl groups excluding tert-OH is 1. The summed E-state index contributed by atoms with van der Waals surface area (Å²) >= 11 is 5.94. The first-order chi connectivity index (χ1) is 15.3. The number of rotatable bonds is 10. The molecule has 0 radical (unpaired) electrons. The zero-order valence-electron chi connectivity index (χ0n) is 17.2. The topological polar surface area (TPSA) is 104 Å². The van der Waals surface area contributed by atoms with Gasteiger partial charge in [0.05, 0.1) is 21.5 Å². The van der Waals surface area contributed by atoms with Crippen molar-refractivity contribution in [3.8, 4) is 0 Å². The van der Waals surface area contributed by atoms with E-state index in [2.05, 4.69) is 5.32 Å². The third kappa shape index (κ3) is 6.17. The zero-order valence-corrected chi connectivity index (χ0v) is 18.8. The molecule has 0 fully saturated rings. The van der Waals surface area contributed by atoms with Crippen molar-refractivity contribution in [2.24, 2.45) is 0 Å². The molecule has 3 N–H and O–H groups in total. The Bertz CT molecular complexity index is 1180. The standard InChI is InChI=1S/C24H24ClNO5S/c25-20-7-1-5-18(14-20)23(27)16-26-13-3-4-17-9-11-21(12-10-17)32(30,31)22-8-2-6-19(15-22)24(28)29/h1-2,5-12,14-15,23,26-27H,3-4,13,16H2,(H,28,29)/t23-/m1/s1. The van der Waals surface area contributed by atoms with Gasteiger partial charge in [0.2, 0.25) is 9.84 Å². The van der Waals surface area contributed by atoms with E-state index in [0.717, 1.165) is 30.0 Å². The van der Waals surface area contributed by atoms with Crippen LogP contribution in [0.5, 0.6) is 0 Å². The van der Waals surface area contributed by atoms with E-state index in [1.807, 2.05) is 6.07 Å². The summed E-state index contributed by atoms with van der Waals surface area (Å²) in [5.41, 5.74) is 1.67. The first-order valence-electron chi connectivity index (χ1n) is 10.1. The van der Waals surface area contributed by atoms with E-state index in [0.29, 0.717) is 18.1 Å². The van der Waals surface area contributed by atoms with Crippen molar-refractivity contribution < 1.29 is 23.4 Å². The Morgan fingerprint density at radius 1 is 0.969 bits per heavy atom. The molecule has 0 aromatic heterocycles. The van der Waals surface area contributed by atoms with Crippen molar-refractivity contribution in [3.63, 3.8) is 0 Å². The fraction of sp³-hybridized carbons (Fsp3) is 0.208. The van der Waals surface area contributed by atoms with Crippen LogP contribution in [0.3, 0.4) is 0 Å². The molecule has 0 saturated heterocycles. The summed E-state index contributed by atoms with van der Waals surface area (Å²) in [4.78, 5) is 11.2. The van der Waals surface area contributed by atoms with E-state index in [1.165, 1.54) is 30.3 Å². The van der Waals surface area contributed by atoms with E-state index >= 15 is 0 Å². The number of hydrogen-bond donors (Lipinski definition) is 3. The number of hydrogen-bond acceptors (Lipinski definition) is 5. The van der Waals surface area contributed by atoms with Crippen LogP contribution in [0, 0.1) is 0 Å². The predicted octanol–water partition coefficient (Wildman–Crippen LogP) is 4.13. The summed E-state index contributed by atoms with van der Waals surface area (Å²) in [6.07, 6.45) is 0.919. The maximum Gasteiger partial charge on any atom is 0.335 e. The Balaban J connectivity index is 1.51. The minimum atomic E-state index is -3.79. The van der Waals surface area contributed by atoms with Gasteiger partial charge in [-0.3, -0.25) is 0 Å². The highest BCUT2D eigenvalue weighted by Gasteiger charge is 2.19. The first-order valence-corrected chi connectivity index (χ1v) is 11.9. The van der Waals surface area contributed by atoms with Crippen molar-refractivity contribution in [2.45, 2.75) is 28.7 Å². The van der Waals surface area contributed by atoms with E-state index in [9.17, 15) is 18.3 Å². The van der Waals surface area contributed by atoms with Crippen molar-refractivity contribution in [1.82, 2.24) is 5.32 Å².